The summed E-state index contributed by atoms with van der Waals surface area (Å²) in [5.74, 6) is 0. The van der Waals surface area contributed by atoms with E-state index in [-0.39, 0.29) is 0 Å². The van der Waals surface area contributed by atoms with Crippen LogP contribution in [0, 0.1) is 0 Å². The highest BCUT2D eigenvalue weighted by Gasteiger charge is 2.17. The molecular weight excluding hydrogens is 222 g/mol. The molecule has 0 aromatic heterocycles. The molecule has 1 aromatic rings. The minimum atomic E-state index is -3.32. The first kappa shape index (κ1) is 12.9. The lowest BCUT2D eigenvalue weighted by Crippen LogP contribution is -2.29. The highest BCUT2D eigenvalue weighted by atomic mass is 32.2. The molecule has 16 heavy (non-hydrogen) atoms. The van der Waals surface area contributed by atoms with Crippen molar-refractivity contribution in [1.82, 2.24) is 4.31 Å². The Bertz CT molecular complexity index is 426. The summed E-state index contributed by atoms with van der Waals surface area (Å²) in [7, 11) is -3.32. The average molecular weight is 239 g/mol. The second-order valence-corrected chi connectivity index (χ2v) is 5.41. The lowest BCUT2D eigenvalue weighted by Gasteiger charge is -2.19. The van der Waals surface area contributed by atoms with Gasteiger partial charge in [-0.2, -0.15) is 4.31 Å². The molecule has 1 aromatic carbocycles. The average Bonchev–Trinajstić information content (AvgIpc) is 2.30. The summed E-state index contributed by atoms with van der Waals surface area (Å²) in [6.07, 6.45) is 0.792. The fourth-order valence-electron chi connectivity index (χ4n) is 1.44. The van der Waals surface area contributed by atoms with Crippen LogP contribution in [0.2, 0.25) is 0 Å². The number of hydrogen-bond donors (Lipinski definition) is 0. The Hall–Kier alpha value is -1.13. The summed E-state index contributed by atoms with van der Waals surface area (Å²) in [6, 6.07) is 9.55. The Morgan fingerprint density at radius 2 is 1.94 bits per heavy atom. The SMILES string of the molecule is C=CS(=O)(=O)N(CCC)Cc1ccccc1. The van der Waals surface area contributed by atoms with Crippen molar-refractivity contribution in [2.24, 2.45) is 0 Å². The minimum Gasteiger partial charge on any atom is -0.208 e. The quantitative estimate of drug-likeness (QED) is 0.764. The number of hydrogen-bond acceptors (Lipinski definition) is 2. The van der Waals surface area contributed by atoms with Gasteiger partial charge in [0, 0.05) is 18.5 Å². The van der Waals surface area contributed by atoms with Gasteiger partial charge in [-0.3, -0.25) is 0 Å². The molecule has 1 rings (SSSR count). The van der Waals surface area contributed by atoms with Gasteiger partial charge in [-0.1, -0.05) is 43.8 Å². The molecule has 0 N–H and O–H groups in total. The van der Waals surface area contributed by atoms with Crippen LogP contribution in [0.5, 0.6) is 0 Å². The van der Waals surface area contributed by atoms with E-state index in [2.05, 4.69) is 6.58 Å². The number of nitrogens with zero attached hydrogens (tertiary/aromatic N) is 1. The van der Waals surface area contributed by atoms with Crippen LogP contribution < -0.4 is 0 Å². The summed E-state index contributed by atoms with van der Waals surface area (Å²) in [5.41, 5.74) is 0.987. The van der Waals surface area contributed by atoms with E-state index >= 15 is 0 Å². The zero-order chi connectivity index (χ0) is 12.0. The van der Waals surface area contributed by atoms with Crippen molar-refractivity contribution >= 4 is 10.0 Å². The lowest BCUT2D eigenvalue weighted by atomic mass is 10.2. The van der Waals surface area contributed by atoms with Crippen LogP contribution in [0.4, 0.5) is 0 Å². The van der Waals surface area contributed by atoms with Crippen LogP contribution in [0.15, 0.2) is 42.3 Å². The van der Waals surface area contributed by atoms with Gasteiger partial charge in [-0.05, 0) is 12.0 Å². The van der Waals surface area contributed by atoms with Gasteiger partial charge in [0.1, 0.15) is 0 Å². The molecule has 0 bridgehead atoms. The summed E-state index contributed by atoms with van der Waals surface area (Å²) in [5, 5.41) is 1.01. The Balaban J connectivity index is 2.85. The lowest BCUT2D eigenvalue weighted by molar-refractivity contribution is 0.412. The van der Waals surface area contributed by atoms with E-state index in [0.717, 1.165) is 17.4 Å². The zero-order valence-corrected chi connectivity index (χ0v) is 10.3. The molecule has 0 amide bonds. The Kier molecular flexibility index (Phi) is 4.71. The zero-order valence-electron chi connectivity index (χ0n) is 9.46. The van der Waals surface area contributed by atoms with Gasteiger partial charge in [-0.25, -0.2) is 8.42 Å². The van der Waals surface area contributed by atoms with E-state index in [9.17, 15) is 8.42 Å². The first-order valence-corrected chi connectivity index (χ1v) is 6.77. The van der Waals surface area contributed by atoms with Crippen LogP contribution in [-0.2, 0) is 16.6 Å². The Morgan fingerprint density at radius 1 is 1.31 bits per heavy atom. The van der Waals surface area contributed by atoms with Gasteiger partial charge < -0.3 is 0 Å². The fourth-order valence-corrected chi connectivity index (χ4v) is 2.42. The van der Waals surface area contributed by atoms with Crippen molar-refractivity contribution in [2.75, 3.05) is 6.54 Å². The third kappa shape index (κ3) is 3.47. The summed E-state index contributed by atoms with van der Waals surface area (Å²) in [4.78, 5) is 0. The highest BCUT2D eigenvalue weighted by Crippen LogP contribution is 2.10. The summed E-state index contributed by atoms with van der Waals surface area (Å²) < 4.78 is 24.8. The third-order valence-corrected chi connectivity index (χ3v) is 3.70. The van der Waals surface area contributed by atoms with Gasteiger partial charge in [-0.15, -0.1) is 0 Å². The third-order valence-electron chi connectivity index (χ3n) is 2.25. The molecule has 0 aliphatic heterocycles. The van der Waals surface area contributed by atoms with E-state index in [1.807, 2.05) is 37.3 Å². The van der Waals surface area contributed by atoms with Crippen molar-refractivity contribution in [1.29, 1.82) is 0 Å². The van der Waals surface area contributed by atoms with Gasteiger partial charge in [0.25, 0.3) is 0 Å². The number of rotatable bonds is 6. The monoisotopic (exact) mass is 239 g/mol. The van der Waals surface area contributed by atoms with E-state index in [0.29, 0.717) is 13.1 Å². The van der Waals surface area contributed by atoms with Crippen molar-refractivity contribution in [3.8, 4) is 0 Å². The molecular formula is C12H17NO2S. The molecule has 0 atom stereocenters. The summed E-state index contributed by atoms with van der Waals surface area (Å²) >= 11 is 0. The second-order valence-electron chi connectivity index (χ2n) is 3.53. The molecule has 3 nitrogen and oxygen atoms in total. The standard InChI is InChI=1S/C12H17NO2S/c1-3-10-13(16(14,15)4-2)11-12-8-6-5-7-9-12/h4-9H,2-3,10-11H2,1H3. The topological polar surface area (TPSA) is 37.4 Å². The predicted molar refractivity (Wildman–Crippen MR) is 66.3 cm³/mol. The summed E-state index contributed by atoms with van der Waals surface area (Å²) in [6.45, 7) is 6.23. The molecule has 0 radical (unpaired) electrons. The highest BCUT2D eigenvalue weighted by molar-refractivity contribution is 7.91. The second kappa shape index (κ2) is 5.82. The van der Waals surface area contributed by atoms with Crippen LogP contribution in [0.3, 0.4) is 0 Å². The molecule has 0 unspecified atom stereocenters. The van der Waals surface area contributed by atoms with Crippen molar-refractivity contribution < 1.29 is 8.42 Å². The first-order chi connectivity index (χ1) is 7.60. The first-order valence-electron chi connectivity index (χ1n) is 5.26. The van der Waals surface area contributed by atoms with Gasteiger partial charge in [0.2, 0.25) is 10.0 Å². The number of sulfonamides is 1. The Labute approximate surface area is 97.5 Å². The maximum Gasteiger partial charge on any atom is 0.235 e. The van der Waals surface area contributed by atoms with Crippen molar-refractivity contribution in [3.05, 3.63) is 47.9 Å². The fraction of sp³-hybridized carbons (Fsp3) is 0.333. The van der Waals surface area contributed by atoms with Crippen LogP contribution in [0.1, 0.15) is 18.9 Å². The predicted octanol–water partition coefficient (Wildman–Crippen LogP) is 2.37. The number of benzene rings is 1. The van der Waals surface area contributed by atoms with Gasteiger partial charge in [0.15, 0.2) is 0 Å². The van der Waals surface area contributed by atoms with Crippen LogP contribution in [-0.4, -0.2) is 19.3 Å². The van der Waals surface area contributed by atoms with E-state index in [1.54, 1.807) is 0 Å². The van der Waals surface area contributed by atoms with Crippen molar-refractivity contribution in [2.45, 2.75) is 19.9 Å². The van der Waals surface area contributed by atoms with Gasteiger partial charge >= 0.3 is 0 Å². The maximum atomic E-state index is 11.7. The van der Waals surface area contributed by atoms with Crippen LogP contribution >= 0.6 is 0 Å². The van der Waals surface area contributed by atoms with E-state index in [1.165, 1.54) is 4.31 Å². The van der Waals surface area contributed by atoms with E-state index in [4.69, 9.17) is 0 Å². The minimum absolute atomic E-state index is 0.406. The molecule has 0 saturated heterocycles. The van der Waals surface area contributed by atoms with Gasteiger partial charge in [0.05, 0.1) is 0 Å². The molecule has 0 fully saturated rings. The molecule has 0 aliphatic rings. The Morgan fingerprint density at radius 3 is 2.44 bits per heavy atom. The smallest absolute Gasteiger partial charge is 0.208 e. The molecule has 0 aliphatic carbocycles. The maximum absolute atomic E-state index is 11.7. The molecule has 0 heterocycles. The molecule has 0 saturated carbocycles. The largest absolute Gasteiger partial charge is 0.235 e. The molecule has 4 heteroatoms. The van der Waals surface area contributed by atoms with Crippen LogP contribution in [0.25, 0.3) is 0 Å². The molecule has 88 valence electrons. The van der Waals surface area contributed by atoms with Crippen molar-refractivity contribution in [3.63, 3.8) is 0 Å². The van der Waals surface area contributed by atoms with E-state index < -0.39 is 10.0 Å². The normalized spacial score (nSPS) is 11.6. The molecule has 0 spiro atoms.